The van der Waals surface area contributed by atoms with Crippen molar-refractivity contribution in [3.8, 4) is 0 Å². The summed E-state index contributed by atoms with van der Waals surface area (Å²) in [5, 5.41) is 9.61. The molecule has 0 atom stereocenters. The largest absolute Gasteiger partial charge is 0.392 e. The second kappa shape index (κ2) is 6.69. The van der Waals surface area contributed by atoms with Crippen LogP contribution in [0.25, 0.3) is 0 Å². The predicted octanol–water partition coefficient (Wildman–Crippen LogP) is 3.24. The molecule has 0 bridgehead atoms. The summed E-state index contributed by atoms with van der Waals surface area (Å²) in [5.74, 6) is 0. The summed E-state index contributed by atoms with van der Waals surface area (Å²) in [6.07, 6.45) is 4.55. The molecule has 0 aliphatic carbocycles. The first-order valence-corrected chi connectivity index (χ1v) is 6.94. The lowest BCUT2D eigenvalue weighted by Gasteiger charge is -2.22. The zero-order chi connectivity index (χ0) is 13.7. The number of carbonyl (C=O) groups is 1. The Hall–Kier alpha value is -1.15. The van der Waals surface area contributed by atoms with Gasteiger partial charge in [-0.25, -0.2) is 0 Å². The Bertz CT molecular complexity index is 400. The number of benzene rings is 1. The Morgan fingerprint density at radius 3 is 1.50 bits per heavy atom. The van der Waals surface area contributed by atoms with Gasteiger partial charge in [0.2, 0.25) is 0 Å². The molecule has 2 heteroatoms. The molecule has 0 spiro atoms. The van der Waals surface area contributed by atoms with Crippen LogP contribution in [-0.2, 0) is 32.3 Å². The van der Waals surface area contributed by atoms with Crippen LogP contribution >= 0.6 is 0 Å². The summed E-state index contributed by atoms with van der Waals surface area (Å²) >= 11 is 0. The van der Waals surface area contributed by atoms with Crippen molar-refractivity contribution in [1.82, 2.24) is 0 Å². The maximum absolute atomic E-state index is 11.4. The van der Waals surface area contributed by atoms with Gasteiger partial charge in [-0.15, -0.1) is 0 Å². The van der Waals surface area contributed by atoms with E-state index in [0.29, 0.717) is 0 Å². The molecule has 1 aromatic carbocycles. The van der Waals surface area contributed by atoms with E-state index in [2.05, 4.69) is 27.7 Å². The minimum absolute atomic E-state index is 0.0404. The quantitative estimate of drug-likeness (QED) is 0.785. The van der Waals surface area contributed by atoms with Crippen LogP contribution in [0, 0.1) is 0 Å². The number of aldehydes is 1. The predicted molar refractivity (Wildman–Crippen MR) is 75.3 cm³/mol. The molecule has 2 nitrogen and oxygen atoms in total. The van der Waals surface area contributed by atoms with Gasteiger partial charge in [0, 0.05) is 5.56 Å². The van der Waals surface area contributed by atoms with Crippen LogP contribution < -0.4 is 0 Å². The van der Waals surface area contributed by atoms with Crippen LogP contribution in [0.1, 0.15) is 65.9 Å². The molecule has 0 saturated carbocycles. The fraction of sp³-hybridized carbons (Fsp3) is 0.562. The van der Waals surface area contributed by atoms with Crippen LogP contribution in [0.3, 0.4) is 0 Å². The maximum atomic E-state index is 11.4. The van der Waals surface area contributed by atoms with Gasteiger partial charge in [0.15, 0.2) is 6.29 Å². The van der Waals surface area contributed by atoms with E-state index in [1.165, 1.54) is 16.7 Å². The summed E-state index contributed by atoms with van der Waals surface area (Å²) < 4.78 is 0. The second-order valence-electron chi connectivity index (χ2n) is 4.50. The number of carbonyl (C=O) groups excluding carboxylic acids is 1. The summed E-state index contributed by atoms with van der Waals surface area (Å²) in [5.41, 5.74) is 6.54. The molecule has 1 N–H and O–H groups in total. The third-order valence-corrected chi connectivity index (χ3v) is 3.80. The molecule has 0 radical (unpaired) electrons. The van der Waals surface area contributed by atoms with Crippen molar-refractivity contribution < 1.29 is 9.90 Å². The minimum Gasteiger partial charge on any atom is -0.392 e. The van der Waals surface area contributed by atoms with Crippen molar-refractivity contribution in [2.45, 2.75) is 60.0 Å². The highest BCUT2D eigenvalue weighted by Crippen LogP contribution is 2.29. The van der Waals surface area contributed by atoms with Crippen molar-refractivity contribution in [3.05, 3.63) is 33.4 Å². The van der Waals surface area contributed by atoms with E-state index < -0.39 is 0 Å². The van der Waals surface area contributed by atoms with E-state index in [0.717, 1.165) is 48.7 Å². The molecule has 18 heavy (non-hydrogen) atoms. The molecule has 0 heterocycles. The van der Waals surface area contributed by atoms with Crippen molar-refractivity contribution in [2.75, 3.05) is 0 Å². The number of hydrogen-bond donors (Lipinski definition) is 1. The Morgan fingerprint density at radius 2 is 1.17 bits per heavy atom. The lowest BCUT2D eigenvalue weighted by Crippen LogP contribution is -2.12. The number of rotatable bonds is 6. The van der Waals surface area contributed by atoms with Crippen molar-refractivity contribution in [2.24, 2.45) is 0 Å². The van der Waals surface area contributed by atoms with Crippen LogP contribution in [0.15, 0.2) is 0 Å². The summed E-state index contributed by atoms with van der Waals surface area (Å²) in [7, 11) is 0. The molecular weight excluding hydrogens is 224 g/mol. The average molecular weight is 248 g/mol. The maximum Gasteiger partial charge on any atom is 0.150 e. The number of aliphatic hydroxyl groups is 1. The highest BCUT2D eigenvalue weighted by atomic mass is 16.3. The van der Waals surface area contributed by atoms with Gasteiger partial charge in [-0.2, -0.15) is 0 Å². The topological polar surface area (TPSA) is 37.3 Å². The van der Waals surface area contributed by atoms with Crippen LogP contribution in [0.2, 0.25) is 0 Å². The first-order valence-electron chi connectivity index (χ1n) is 6.94. The molecule has 0 aliphatic rings. The Kier molecular flexibility index (Phi) is 5.54. The first-order chi connectivity index (χ1) is 8.69. The third-order valence-electron chi connectivity index (χ3n) is 3.80. The van der Waals surface area contributed by atoms with Crippen molar-refractivity contribution in [3.63, 3.8) is 0 Å². The molecule has 0 aliphatic heterocycles. The van der Waals surface area contributed by atoms with Crippen molar-refractivity contribution >= 4 is 6.29 Å². The molecular formula is C16H24O2. The van der Waals surface area contributed by atoms with Gasteiger partial charge in [0.05, 0.1) is 6.61 Å². The number of hydrogen-bond acceptors (Lipinski definition) is 2. The standard InChI is InChI=1S/C16H24O2/c1-5-11-12(6-2)14(8-4)16(10-18)15(9-17)13(11)7-3/h9,18H,5-8,10H2,1-4H3. The van der Waals surface area contributed by atoms with Crippen LogP contribution in [0.5, 0.6) is 0 Å². The average Bonchev–Trinajstić information content (AvgIpc) is 2.43. The lowest BCUT2D eigenvalue weighted by atomic mass is 9.83. The monoisotopic (exact) mass is 248 g/mol. The zero-order valence-corrected chi connectivity index (χ0v) is 12.0. The molecule has 1 aromatic rings. The zero-order valence-electron chi connectivity index (χ0n) is 12.0. The molecule has 0 fully saturated rings. The van der Waals surface area contributed by atoms with E-state index >= 15 is 0 Å². The van der Waals surface area contributed by atoms with Gasteiger partial charge in [-0.1, -0.05) is 27.7 Å². The summed E-state index contributed by atoms with van der Waals surface area (Å²) in [6, 6.07) is 0. The Labute approximate surface area is 110 Å². The van der Waals surface area contributed by atoms with Gasteiger partial charge >= 0.3 is 0 Å². The highest BCUT2D eigenvalue weighted by Gasteiger charge is 2.19. The van der Waals surface area contributed by atoms with E-state index in [4.69, 9.17) is 0 Å². The van der Waals surface area contributed by atoms with Gasteiger partial charge in [0.1, 0.15) is 0 Å². The fourth-order valence-corrected chi connectivity index (χ4v) is 3.06. The van der Waals surface area contributed by atoms with E-state index in [1.807, 2.05) is 0 Å². The van der Waals surface area contributed by atoms with E-state index in [-0.39, 0.29) is 6.61 Å². The van der Waals surface area contributed by atoms with Gasteiger partial charge in [-0.3, -0.25) is 4.79 Å². The van der Waals surface area contributed by atoms with Crippen LogP contribution in [0.4, 0.5) is 0 Å². The summed E-state index contributed by atoms with van der Waals surface area (Å²) in [6.45, 7) is 8.41. The van der Waals surface area contributed by atoms with Crippen LogP contribution in [-0.4, -0.2) is 11.4 Å². The molecule has 0 aromatic heterocycles. The Balaban J connectivity index is 3.77. The third kappa shape index (κ3) is 2.35. The highest BCUT2D eigenvalue weighted by molar-refractivity contribution is 5.82. The minimum atomic E-state index is -0.0404. The molecule has 0 amide bonds. The number of aliphatic hydroxyl groups excluding tert-OH is 1. The molecule has 100 valence electrons. The molecule has 0 unspecified atom stereocenters. The molecule has 1 rings (SSSR count). The van der Waals surface area contributed by atoms with Crippen molar-refractivity contribution in [1.29, 1.82) is 0 Å². The smallest absolute Gasteiger partial charge is 0.150 e. The second-order valence-corrected chi connectivity index (χ2v) is 4.50. The van der Waals surface area contributed by atoms with Gasteiger partial charge in [0.25, 0.3) is 0 Å². The SMILES string of the molecule is CCc1c(C=O)c(CO)c(CC)c(CC)c1CC. The summed E-state index contributed by atoms with van der Waals surface area (Å²) in [4.78, 5) is 11.4. The van der Waals surface area contributed by atoms with E-state index in [9.17, 15) is 9.90 Å². The normalized spacial score (nSPS) is 10.7. The molecule has 0 saturated heterocycles. The lowest BCUT2D eigenvalue weighted by molar-refractivity contribution is 0.111. The van der Waals surface area contributed by atoms with Gasteiger partial charge in [-0.05, 0) is 53.5 Å². The van der Waals surface area contributed by atoms with E-state index in [1.54, 1.807) is 0 Å². The first kappa shape index (κ1) is 14.9. The Morgan fingerprint density at radius 1 is 0.778 bits per heavy atom. The fourth-order valence-electron chi connectivity index (χ4n) is 3.06. The van der Waals surface area contributed by atoms with Gasteiger partial charge < -0.3 is 5.11 Å².